The summed E-state index contributed by atoms with van der Waals surface area (Å²) in [6.07, 6.45) is 1.46. The molecule has 0 aliphatic rings. The monoisotopic (exact) mass is 517 g/mol. The Labute approximate surface area is 219 Å². The second-order valence-corrected chi connectivity index (χ2v) is 8.65. The van der Waals surface area contributed by atoms with Gasteiger partial charge in [-0.25, -0.2) is 5.43 Å². The van der Waals surface area contributed by atoms with Crippen molar-refractivity contribution in [2.75, 3.05) is 19.0 Å². The molecule has 0 bridgehead atoms. The van der Waals surface area contributed by atoms with E-state index in [1.165, 1.54) is 24.0 Å². The van der Waals surface area contributed by atoms with E-state index in [0.29, 0.717) is 23.9 Å². The van der Waals surface area contributed by atoms with Gasteiger partial charge >= 0.3 is 5.16 Å². The van der Waals surface area contributed by atoms with Crippen LogP contribution in [0.25, 0.3) is 17.1 Å². The first-order valence-electron chi connectivity index (χ1n) is 11.8. The third-order valence-electron chi connectivity index (χ3n) is 5.13. The first-order valence-corrected chi connectivity index (χ1v) is 12.7. The van der Waals surface area contributed by atoms with Crippen molar-refractivity contribution in [3.63, 3.8) is 0 Å². The molecule has 0 radical (unpaired) electrons. The van der Waals surface area contributed by atoms with Gasteiger partial charge < -0.3 is 14.6 Å². The Hall–Kier alpha value is -4.31. The van der Waals surface area contributed by atoms with Crippen molar-refractivity contribution >= 4 is 23.9 Å². The van der Waals surface area contributed by atoms with E-state index >= 15 is 0 Å². The molecule has 2 N–H and O–H groups in total. The van der Waals surface area contributed by atoms with E-state index in [2.05, 4.69) is 20.7 Å². The predicted octanol–water partition coefficient (Wildman–Crippen LogP) is 3.47. The minimum Gasteiger partial charge on any atom is -0.870 e. The molecule has 0 spiro atoms. The van der Waals surface area contributed by atoms with Crippen molar-refractivity contribution in [2.45, 2.75) is 19.0 Å². The summed E-state index contributed by atoms with van der Waals surface area (Å²) in [5.74, 6) is 1.42. The van der Waals surface area contributed by atoms with Crippen LogP contribution in [-0.2, 0) is 4.79 Å². The Kier molecular flexibility index (Phi) is 8.77. The lowest BCUT2D eigenvalue weighted by Gasteiger charge is -2.13. The summed E-state index contributed by atoms with van der Waals surface area (Å²) in [7, 11) is 0. The van der Waals surface area contributed by atoms with E-state index in [-0.39, 0.29) is 23.2 Å². The second-order valence-electron chi connectivity index (χ2n) is 7.70. The highest BCUT2D eigenvalue weighted by molar-refractivity contribution is 7.99. The van der Waals surface area contributed by atoms with Crippen LogP contribution < -0.4 is 24.6 Å². The van der Waals surface area contributed by atoms with E-state index in [1.807, 2.05) is 66.1 Å². The Morgan fingerprint density at radius 1 is 1.08 bits per heavy atom. The van der Waals surface area contributed by atoms with Gasteiger partial charge in [0.15, 0.2) is 0 Å². The number of aromatic nitrogens is 3. The first kappa shape index (κ1) is 25.8. The molecule has 0 atom stereocenters. The van der Waals surface area contributed by atoms with Crippen LogP contribution >= 0.6 is 11.8 Å². The molecule has 0 unspecified atom stereocenters. The van der Waals surface area contributed by atoms with Crippen LogP contribution in [0.4, 0.5) is 0 Å². The van der Waals surface area contributed by atoms with Crippen LogP contribution in [-0.4, -0.2) is 41.3 Å². The molecule has 10 heteroatoms. The second kappa shape index (κ2) is 12.6. The zero-order valence-corrected chi connectivity index (χ0v) is 21.3. The summed E-state index contributed by atoms with van der Waals surface area (Å²) in [6.45, 7) is 4.72. The molecular weight excluding hydrogens is 490 g/mol. The maximum atomic E-state index is 12.5. The summed E-state index contributed by atoms with van der Waals surface area (Å²) in [4.78, 5) is 12.5. The molecule has 3 aromatic carbocycles. The number of amides is 1. The Bertz CT molecular complexity index is 1360. The van der Waals surface area contributed by atoms with Crippen LogP contribution in [0.2, 0.25) is 0 Å². The Balaban J connectivity index is 1.47. The van der Waals surface area contributed by atoms with E-state index in [0.717, 1.165) is 22.8 Å². The van der Waals surface area contributed by atoms with Gasteiger partial charge in [-0.05, 0) is 73.6 Å². The smallest absolute Gasteiger partial charge is 0.342 e. The number of aromatic amines is 1. The topological polar surface area (TPSA) is 116 Å². The van der Waals surface area contributed by atoms with Gasteiger partial charge in [-0.15, -0.1) is 5.10 Å². The third kappa shape index (κ3) is 6.68. The number of rotatable bonds is 11. The molecule has 0 saturated carbocycles. The molecule has 4 rings (SSSR count). The van der Waals surface area contributed by atoms with Crippen molar-refractivity contribution in [3.8, 4) is 34.3 Å². The maximum Gasteiger partial charge on any atom is 0.342 e. The number of hydrogen-bond acceptors (Lipinski definition) is 7. The fourth-order valence-corrected chi connectivity index (χ4v) is 4.26. The van der Waals surface area contributed by atoms with Crippen molar-refractivity contribution < 1.29 is 23.9 Å². The van der Waals surface area contributed by atoms with E-state index < -0.39 is 0 Å². The van der Waals surface area contributed by atoms with Crippen LogP contribution in [0, 0.1) is 0 Å². The molecule has 190 valence electrons. The maximum absolute atomic E-state index is 12.5. The van der Waals surface area contributed by atoms with Crippen molar-refractivity contribution in [2.24, 2.45) is 5.10 Å². The fraction of sp³-hybridized carbons (Fsp3) is 0.185. The number of carbonyl (C=O) groups excluding carboxylic acids is 1. The van der Waals surface area contributed by atoms with E-state index in [9.17, 15) is 9.90 Å². The average molecular weight is 518 g/mol. The molecule has 9 nitrogen and oxygen atoms in total. The molecule has 1 heterocycles. The lowest BCUT2D eigenvalue weighted by Crippen LogP contribution is -2.34. The lowest BCUT2D eigenvalue weighted by molar-refractivity contribution is -0.625. The minimum absolute atomic E-state index is 0.0944. The van der Waals surface area contributed by atoms with Gasteiger partial charge in [-0.3, -0.25) is 4.79 Å². The molecule has 0 aliphatic heterocycles. The molecule has 1 aromatic heterocycles. The van der Waals surface area contributed by atoms with Gasteiger partial charge in [0.1, 0.15) is 17.2 Å². The van der Waals surface area contributed by atoms with Gasteiger partial charge in [0.25, 0.3) is 11.7 Å². The quantitative estimate of drug-likeness (QED) is 0.136. The number of nitrogens with one attached hydrogen (secondary N) is 2. The Morgan fingerprint density at radius 3 is 2.57 bits per heavy atom. The van der Waals surface area contributed by atoms with E-state index in [4.69, 9.17) is 9.47 Å². The predicted molar refractivity (Wildman–Crippen MR) is 140 cm³/mol. The van der Waals surface area contributed by atoms with Crippen LogP contribution in [0.1, 0.15) is 19.4 Å². The number of carbonyl (C=O) groups is 1. The highest BCUT2D eigenvalue weighted by atomic mass is 32.2. The van der Waals surface area contributed by atoms with E-state index in [1.54, 1.807) is 19.1 Å². The fourth-order valence-electron chi connectivity index (χ4n) is 3.49. The number of thioether (sulfide) groups is 1. The number of ether oxygens (including phenoxy) is 2. The largest absolute Gasteiger partial charge is 0.870 e. The van der Waals surface area contributed by atoms with Crippen LogP contribution in [0.5, 0.6) is 17.2 Å². The normalized spacial score (nSPS) is 11.0. The van der Waals surface area contributed by atoms with Crippen LogP contribution in [0.15, 0.2) is 83.1 Å². The number of nitrogens with zero attached hydrogens (tertiary/aromatic N) is 3. The van der Waals surface area contributed by atoms with Gasteiger partial charge in [0, 0.05) is 0 Å². The number of hydrazone groups is 1. The van der Waals surface area contributed by atoms with Gasteiger partial charge in [0.05, 0.1) is 35.8 Å². The summed E-state index contributed by atoms with van der Waals surface area (Å²) in [5, 5.41) is 24.0. The molecule has 0 fully saturated rings. The first-order chi connectivity index (χ1) is 18.1. The molecule has 4 aromatic rings. The highest BCUT2D eigenvalue weighted by Gasteiger charge is 2.24. The lowest BCUT2D eigenvalue weighted by atomic mass is 10.2. The Morgan fingerprint density at radius 2 is 1.84 bits per heavy atom. The molecular formula is C27H27N5O4S. The standard InChI is InChI=1S/C27H27N5O4S/c1-3-35-22-13-11-21(12-14-22)32-26(20-8-6-5-7-9-20)30-31-27(32)37-18-25(34)29-28-17-19-10-15-23(33)24(16-19)36-4-2/h5-17H,3-4,18H2,1-2H3,(H2,28,29,33,34). The average Bonchev–Trinajstić information content (AvgIpc) is 3.34. The highest BCUT2D eigenvalue weighted by Crippen LogP contribution is 2.24. The molecule has 0 saturated heterocycles. The SMILES string of the molecule is CCOc1ccc(-[n+]2c(SCC(=O)N/N=C/c3ccc([O-])c(OCC)c3)n[nH]c2-c2ccccc2)cc1. The van der Waals surface area contributed by atoms with Crippen LogP contribution in [0.3, 0.4) is 0 Å². The molecule has 37 heavy (non-hydrogen) atoms. The summed E-state index contributed by atoms with van der Waals surface area (Å²) in [5.41, 5.74) is 4.99. The number of benzene rings is 3. The van der Waals surface area contributed by atoms with Gasteiger partial charge in [0.2, 0.25) is 0 Å². The van der Waals surface area contributed by atoms with Gasteiger partial charge in [-0.2, -0.15) is 9.67 Å². The summed E-state index contributed by atoms with van der Waals surface area (Å²) >= 11 is 1.28. The minimum atomic E-state index is -0.297. The summed E-state index contributed by atoms with van der Waals surface area (Å²) < 4.78 is 12.8. The zero-order chi connectivity index (χ0) is 26.0. The van der Waals surface area contributed by atoms with Crippen molar-refractivity contribution in [1.82, 2.24) is 15.6 Å². The number of hydrogen-bond donors (Lipinski definition) is 2. The molecule has 1 amide bonds. The van der Waals surface area contributed by atoms with Gasteiger partial charge in [-0.1, -0.05) is 36.1 Å². The summed E-state index contributed by atoms with van der Waals surface area (Å²) in [6, 6.07) is 22.2. The molecule has 0 aliphatic carbocycles. The third-order valence-corrected chi connectivity index (χ3v) is 6.07. The number of H-pyrrole nitrogens is 1. The van der Waals surface area contributed by atoms with Crippen molar-refractivity contribution in [1.29, 1.82) is 0 Å². The zero-order valence-electron chi connectivity index (χ0n) is 20.5. The van der Waals surface area contributed by atoms with Crippen molar-refractivity contribution in [3.05, 3.63) is 78.4 Å².